The third kappa shape index (κ3) is 3.87. The number of fused-ring (bicyclic) bond motifs is 8. The van der Waals surface area contributed by atoms with Crippen LogP contribution in [0.1, 0.15) is 0 Å². The van der Waals surface area contributed by atoms with Gasteiger partial charge in [-0.05, 0) is 68.4 Å². The Morgan fingerprint density at radius 2 is 1.09 bits per heavy atom. The molecule has 0 aliphatic rings. The van der Waals surface area contributed by atoms with Crippen LogP contribution in [0, 0.1) is 0 Å². The first-order valence-electron chi connectivity index (χ1n) is 14.9. The van der Waals surface area contributed by atoms with Crippen molar-refractivity contribution in [3.63, 3.8) is 0 Å². The predicted octanol–water partition coefficient (Wildman–Crippen LogP) is 11.6. The SMILES string of the molecule is c1ccc(-c2ccc(N(c3cnc4oc5ccccc5c4c3)c3cc4c5ccccc5ccc4c4ccccc34)cc2)cc1. The molecular weight excluding hydrogens is 536 g/mol. The van der Waals surface area contributed by atoms with Gasteiger partial charge in [-0.25, -0.2) is 4.98 Å². The molecule has 0 amide bonds. The summed E-state index contributed by atoms with van der Waals surface area (Å²) in [6.45, 7) is 0. The smallest absolute Gasteiger partial charge is 0.227 e. The predicted molar refractivity (Wildman–Crippen MR) is 184 cm³/mol. The fourth-order valence-electron chi connectivity index (χ4n) is 6.61. The summed E-state index contributed by atoms with van der Waals surface area (Å²) in [6.07, 6.45) is 1.93. The number of nitrogens with zero attached hydrogens (tertiary/aromatic N) is 2. The van der Waals surface area contributed by atoms with E-state index in [0.29, 0.717) is 5.71 Å². The van der Waals surface area contributed by atoms with E-state index in [2.05, 4.69) is 138 Å². The van der Waals surface area contributed by atoms with Crippen LogP contribution in [-0.2, 0) is 0 Å². The van der Waals surface area contributed by atoms with Gasteiger partial charge in [0.1, 0.15) is 5.58 Å². The molecule has 2 aromatic heterocycles. The van der Waals surface area contributed by atoms with Gasteiger partial charge in [0, 0.05) is 16.5 Å². The lowest BCUT2D eigenvalue weighted by molar-refractivity contribution is 0.654. The van der Waals surface area contributed by atoms with Crippen molar-refractivity contribution in [2.24, 2.45) is 0 Å². The molecule has 9 aromatic rings. The number of hydrogen-bond donors (Lipinski definition) is 0. The number of benzene rings is 7. The van der Waals surface area contributed by atoms with Gasteiger partial charge in [0.25, 0.3) is 0 Å². The monoisotopic (exact) mass is 562 g/mol. The van der Waals surface area contributed by atoms with Crippen molar-refractivity contribution >= 4 is 71.4 Å². The summed E-state index contributed by atoms with van der Waals surface area (Å²) in [4.78, 5) is 7.18. The molecule has 0 unspecified atom stereocenters. The first-order valence-corrected chi connectivity index (χ1v) is 14.9. The Labute approximate surface area is 254 Å². The number of rotatable bonds is 4. The van der Waals surface area contributed by atoms with E-state index in [0.717, 1.165) is 33.4 Å². The van der Waals surface area contributed by atoms with Crippen LogP contribution in [0.3, 0.4) is 0 Å². The number of anilines is 3. The van der Waals surface area contributed by atoms with Crippen LogP contribution in [0.15, 0.2) is 162 Å². The van der Waals surface area contributed by atoms with Crippen molar-refractivity contribution in [1.29, 1.82) is 0 Å². The van der Waals surface area contributed by atoms with E-state index in [1.807, 2.05) is 24.4 Å². The molecular formula is C41H26N2O. The second-order valence-electron chi connectivity index (χ2n) is 11.2. The second kappa shape index (κ2) is 9.82. The van der Waals surface area contributed by atoms with Crippen molar-refractivity contribution in [2.75, 3.05) is 4.90 Å². The molecule has 0 radical (unpaired) electrons. The van der Waals surface area contributed by atoms with Crippen molar-refractivity contribution in [3.8, 4) is 11.1 Å². The van der Waals surface area contributed by atoms with Crippen LogP contribution in [-0.4, -0.2) is 4.98 Å². The minimum Gasteiger partial charge on any atom is -0.438 e. The van der Waals surface area contributed by atoms with Gasteiger partial charge in [0.05, 0.1) is 23.0 Å². The molecule has 0 saturated carbocycles. The maximum atomic E-state index is 6.11. The highest BCUT2D eigenvalue weighted by atomic mass is 16.3. The Kier molecular flexibility index (Phi) is 5.50. The molecule has 3 nitrogen and oxygen atoms in total. The first-order chi connectivity index (χ1) is 21.8. The fourth-order valence-corrected chi connectivity index (χ4v) is 6.61. The molecule has 0 N–H and O–H groups in total. The average Bonchev–Trinajstić information content (AvgIpc) is 3.47. The van der Waals surface area contributed by atoms with Gasteiger partial charge in [-0.2, -0.15) is 0 Å². The maximum Gasteiger partial charge on any atom is 0.227 e. The lowest BCUT2D eigenvalue weighted by atomic mass is 9.95. The van der Waals surface area contributed by atoms with Gasteiger partial charge in [-0.1, -0.05) is 121 Å². The quantitative estimate of drug-likeness (QED) is 0.200. The van der Waals surface area contributed by atoms with Crippen LogP contribution in [0.4, 0.5) is 17.1 Å². The van der Waals surface area contributed by atoms with E-state index >= 15 is 0 Å². The minimum absolute atomic E-state index is 0.642. The van der Waals surface area contributed by atoms with Crippen LogP contribution in [0.25, 0.3) is 65.5 Å². The summed E-state index contributed by atoms with van der Waals surface area (Å²) in [7, 11) is 0. The molecule has 2 heterocycles. The zero-order chi connectivity index (χ0) is 29.0. The van der Waals surface area contributed by atoms with Crippen LogP contribution in [0.2, 0.25) is 0 Å². The number of pyridine rings is 1. The average molecular weight is 563 g/mol. The molecule has 0 aliphatic heterocycles. The summed E-state index contributed by atoms with van der Waals surface area (Å²) in [5.74, 6) is 0. The Morgan fingerprint density at radius 1 is 0.432 bits per heavy atom. The lowest BCUT2D eigenvalue weighted by Crippen LogP contribution is -2.11. The number of hydrogen-bond acceptors (Lipinski definition) is 3. The van der Waals surface area contributed by atoms with Crippen LogP contribution < -0.4 is 4.90 Å². The van der Waals surface area contributed by atoms with Gasteiger partial charge in [0.15, 0.2) is 0 Å². The van der Waals surface area contributed by atoms with E-state index in [4.69, 9.17) is 9.40 Å². The fraction of sp³-hybridized carbons (Fsp3) is 0. The highest BCUT2D eigenvalue weighted by Gasteiger charge is 2.20. The van der Waals surface area contributed by atoms with Crippen LogP contribution in [0.5, 0.6) is 0 Å². The van der Waals surface area contributed by atoms with Gasteiger partial charge in [-0.15, -0.1) is 0 Å². The van der Waals surface area contributed by atoms with E-state index in [1.165, 1.54) is 43.4 Å². The lowest BCUT2D eigenvalue weighted by Gasteiger charge is -2.27. The van der Waals surface area contributed by atoms with E-state index in [9.17, 15) is 0 Å². The molecule has 0 bridgehead atoms. The molecule has 0 spiro atoms. The van der Waals surface area contributed by atoms with Gasteiger partial charge in [-0.3, -0.25) is 0 Å². The van der Waals surface area contributed by atoms with Gasteiger partial charge >= 0.3 is 0 Å². The molecule has 7 aromatic carbocycles. The molecule has 0 fully saturated rings. The molecule has 206 valence electrons. The summed E-state index contributed by atoms with van der Waals surface area (Å²) in [6, 6.07) is 53.9. The largest absolute Gasteiger partial charge is 0.438 e. The highest BCUT2D eigenvalue weighted by Crippen LogP contribution is 2.44. The summed E-state index contributed by atoms with van der Waals surface area (Å²) < 4.78 is 6.11. The molecule has 9 rings (SSSR count). The summed E-state index contributed by atoms with van der Waals surface area (Å²) in [5.41, 5.74) is 6.99. The molecule has 0 aliphatic carbocycles. The Balaban J connectivity index is 1.34. The normalized spacial score (nSPS) is 11.6. The molecule has 0 atom stereocenters. The van der Waals surface area contributed by atoms with E-state index in [1.54, 1.807) is 0 Å². The summed E-state index contributed by atoms with van der Waals surface area (Å²) >= 11 is 0. The van der Waals surface area contributed by atoms with E-state index < -0.39 is 0 Å². The first kappa shape index (κ1) is 24.6. The van der Waals surface area contributed by atoms with Crippen LogP contribution >= 0.6 is 0 Å². The third-order valence-corrected chi connectivity index (χ3v) is 8.70. The maximum absolute atomic E-state index is 6.11. The zero-order valence-corrected chi connectivity index (χ0v) is 23.8. The van der Waals surface area contributed by atoms with Crippen molar-refractivity contribution in [3.05, 3.63) is 158 Å². The molecule has 44 heavy (non-hydrogen) atoms. The van der Waals surface area contributed by atoms with Crippen molar-refractivity contribution in [2.45, 2.75) is 0 Å². The Hall–Kier alpha value is -5.93. The van der Waals surface area contributed by atoms with Gasteiger partial charge < -0.3 is 9.32 Å². The molecule has 3 heteroatoms. The topological polar surface area (TPSA) is 29.3 Å². The number of para-hydroxylation sites is 1. The Bertz CT molecular complexity index is 2490. The number of furan rings is 1. The van der Waals surface area contributed by atoms with E-state index in [-0.39, 0.29) is 0 Å². The minimum atomic E-state index is 0.642. The van der Waals surface area contributed by atoms with Crippen molar-refractivity contribution < 1.29 is 4.42 Å². The second-order valence-corrected chi connectivity index (χ2v) is 11.2. The molecule has 0 saturated heterocycles. The van der Waals surface area contributed by atoms with Gasteiger partial charge in [0.2, 0.25) is 5.71 Å². The third-order valence-electron chi connectivity index (χ3n) is 8.70. The highest BCUT2D eigenvalue weighted by molar-refractivity contribution is 6.21. The standard InChI is InChI=1S/C41H26N2O/c1-2-10-27(11-3-1)28-18-21-30(22-19-28)43(31-24-38-36-16-8-9-17-40(36)44-41(38)42-26-31)39-25-37-32-13-5-4-12-29(32)20-23-34(37)33-14-6-7-15-35(33)39/h1-26H. The Morgan fingerprint density at radius 3 is 1.93 bits per heavy atom. The van der Waals surface area contributed by atoms with Crippen molar-refractivity contribution in [1.82, 2.24) is 4.98 Å². The number of aromatic nitrogens is 1. The summed E-state index contributed by atoms with van der Waals surface area (Å²) in [5, 5.41) is 9.41. The zero-order valence-electron chi connectivity index (χ0n) is 23.8.